The third-order valence-electron chi connectivity index (χ3n) is 4.47. The average molecular weight is 337 g/mol. The van der Waals surface area contributed by atoms with Gasteiger partial charge in [0.2, 0.25) is 0 Å². The van der Waals surface area contributed by atoms with Crippen molar-refractivity contribution < 1.29 is 4.52 Å². The molecule has 0 N–H and O–H groups in total. The Kier molecular flexibility index (Phi) is 3.95. The highest BCUT2D eigenvalue weighted by atomic mass is 35.5. The Morgan fingerprint density at radius 3 is 2.50 bits per heavy atom. The van der Waals surface area contributed by atoms with Crippen LogP contribution in [0, 0.1) is 6.92 Å². The van der Waals surface area contributed by atoms with Crippen molar-refractivity contribution >= 4 is 23.0 Å². The molecule has 0 saturated heterocycles. The Morgan fingerprint density at radius 2 is 1.75 bits per heavy atom. The highest BCUT2D eigenvalue weighted by Gasteiger charge is 2.25. The van der Waals surface area contributed by atoms with Gasteiger partial charge in [0.05, 0.1) is 0 Å². The van der Waals surface area contributed by atoms with Crippen molar-refractivity contribution in [3.05, 3.63) is 82.2 Å². The molecule has 2 heterocycles. The average Bonchev–Trinajstić information content (AvgIpc) is 2.84. The molecule has 3 aromatic rings. The van der Waals surface area contributed by atoms with Gasteiger partial charge < -0.3 is 4.52 Å². The summed E-state index contributed by atoms with van der Waals surface area (Å²) in [4.78, 5) is 4.89. The number of rotatable bonds is 2. The maximum Gasteiger partial charge on any atom is 0.163 e. The van der Waals surface area contributed by atoms with E-state index in [0.717, 1.165) is 46.3 Å². The highest BCUT2D eigenvalue weighted by molar-refractivity contribution is 6.30. The molecule has 1 unspecified atom stereocenters. The molecule has 0 saturated carbocycles. The first kappa shape index (κ1) is 15.2. The summed E-state index contributed by atoms with van der Waals surface area (Å²) in [5.41, 5.74) is 5.14. The number of hydrogen-bond acceptors (Lipinski definition) is 3. The van der Waals surface area contributed by atoms with E-state index in [4.69, 9.17) is 21.1 Å². The van der Waals surface area contributed by atoms with Crippen molar-refractivity contribution in [1.29, 1.82) is 0 Å². The van der Waals surface area contributed by atoms with Gasteiger partial charge in [-0.1, -0.05) is 59.2 Å². The van der Waals surface area contributed by atoms with E-state index < -0.39 is 0 Å². The lowest BCUT2D eigenvalue weighted by Crippen LogP contribution is -2.09. The maximum absolute atomic E-state index is 6.03. The Balaban J connectivity index is 1.80. The Morgan fingerprint density at radius 1 is 1.00 bits per heavy atom. The first-order valence-electron chi connectivity index (χ1n) is 8.04. The fourth-order valence-corrected chi connectivity index (χ4v) is 3.31. The summed E-state index contributed by atoms with van der Waals surface area (Å²) in [7, 11) is 0. The van der Waals surface area contributed by atoms with Gasteiger partial charge in [-0.15, -0.1) is 0 Å². The molecule has 4 rings (SSSR count). The normalized spacial score (nSPS) is 17.1. The topological polar surface area (TPSA) is 38.4 Å². The summed E-state index contributed by atoms with van der Waals surface area (Å²) < 4.78 is 5.54. The molecule has 0 aliphatic carbocycles. The van der Waals surface area contributed by atoms with Crippen molar-refractivity contribution in [3.63, 3.8) is 0 Å². The molecule has 0 radical (unpaired) electrons. The van der Waals surface area contributed by atoms with E-state index in [-0.39, 0.29) is 0 Å². The molecular weight excluding hydrogens is 320 g/mol. The smallest absolute Gasteiger partial charge is 0.163 e. The lowest BCUT2D eigenvalue weighted by molar-refractivity contribution is 0.373. The molecule has 1 aliphatic heterocycles. The zero-order chi connectivity index (χ0) is 16.5. The molecule has 0 amide bonds. The molecule has 1 aromatic heterocycles. The van der Waals surface area contributed by atoms with Crippen LogP contribution in [0.2, 0.25) is 5.02 Å². The Labute approximate surface area is 146 Å². The van der Waals surface area contributed by atoms with E-state index >= 15 is 0 Å². The molecule has 0 spiro atoms. The predicted molar refractivity (Wildman–Crippen MR) is 96.4 cm³/mol. The number of hydrogen-bond donors (Lipinski definition) is 0. The van der Waals surface area contributed by atoms with E-state index in [1.165, 1.54) is 5.56 Å². The van der Waals surface area contributed by atoms with Gasteiger partial charge in [-0.3, -0.25) is 0 Å². The van der Waals surface area contributed by atoms with Crippen molar-refractivity contribution in [2.24, 2.45) is 4.99 Å². The number of halogens is 1. The number of aryl methyl sites for hydroxylation is 1. The SMILES string of the molecule is Cc1noc2c1N=C(c1ccc(Cl)cc1)CC(c1ccccc1)C2. The largest absolute Gasteiger partial charge is 0.359 e. The van der Waals surface area contributed by atoms with E-state index in [0.29, 0.717) is 5.92 Å². The Bertz CT molecular complexity index is 882. The molecule has 4 heteroatoms. The molecule has 3 nitrogen and oxygen atoms in total. The van der Waals surface area contributed by atoms with Crippen molar-refractivity contribution in [2.75, 3.05) is 0 Å². The summed E-state index contributed by atoms with van der Waals surface area (Å²) in [5, 5.41) is 4.84. The second-order valence-corrected chi connectivity index (χ2v) is 6.56. The number of fused-ring (bicyclic) bond motifs is 1. The van der Waals surface area contributed by atoms with Crippen LogP contribution in [-0.2, 0) is 6.42 Å². The van der Waals surface area contributed by atoms with Crippen LogP contribution in [0.4, 0.5) is 5.69 Å². The molecule has 24 heavy (non-hydrogen) atoms. The minimum Gasteiger partial charge on any atom is -0.359 e. The van der Waals surface area contributed by atoms with Crippen LogP contribution < -0.4 is 0 Å². The summed E-state index contributed by atoms with van der Waals surface area (Å²) in [6, 6.07) is 18.4. The highest BCUT2D eigenvalue weighted by Crippen LogP contribution is 2.36. The van der Waals surface area contributed by atoms with Crippen molar-refractivity contribution in [3.8, 4) is 0 Å². The van der Waals surface area contributed by atoms with Crippen LogP contribution in [0.15, 0.2) is 64.1 Å². The monoisotopic (exact) mass is 336 g/mol. The molecular formula is C20H17ClN2O. The zero-order valence-corrected chi connectivity index (χ0v) is 14.1. The third-order valence-corrected chi connectivity index (χ3v) is 4.72. The molecule has 1 aliphatic rings. The van der Waals surface area contributed by atoms with Gasteiger partial charge >= 0.3 is 0 Å². The molecule has 1 atom stereocenters. The van der Waals surface area contributed by atoms with E-state index in [9.17, 15) is 0 Å². The quantitative estimate of drug-likeness (QED) is 0.620. The first-order valence-corrected chi connectivity index (χ1v) is 8.42. The van der Waals surface area contributed by atoms with Crippen LogP contribution in [0.25, 0.3) is 0 Å². The molecule has 120 valence electrons. The van der Waals surface area contributed by atoms with Crippen LogP contribution in [0.1, 0.15) is 34.9 Å². The fourth-order valence-electron chi connectivity index (χ4n) is 3.18. The summed E-state index contributed by atoms with van der Waals surface area (Å²) >= 11 is 6.03. The second kappa shape index (κ2) is 6.25. The molecule has 2 aromatic carbocycles. The number of aromatic nitrogens is 1. The minimum absolute atomic E-state index is 0.314. The third kappa shape index (κ3) is 2.87. The van der Waals surface area contributed by atoms with Gasteiger partial charge in [0.25, 0.3) is 0 Å². The standard InChI is InChI=1S/C20H17ClN2O/c1-13-20-19(24-23-13)12-16(14-5-3-2-4-6-14)11-18(22-20)15-7-9-17(21)10-8-15/h2-10,16H,11-12H2,1H3. The van der Waals surface area contributed by atoms with Crippen LogP contribution in [-0.4, -0.2) is 10.9 Å². The van der Waals surface area contributed by atoms with Crippen LogP contribution >= 0.6 is 11.6 Å². The van der Waals surface area contributed by atoms with Gasteiger partial charge in [0.1, 0.15) is 11.4 Å². The van der Waals surface area contributed by atoms with E-state index in [1.54, 1.807) is 0 Å². The van der Waals surface area contributed by atoms with Crippen molar-refractivity contribution in [2.45, 2.75) is 25.7 Å². The summed E-state index contributed by atoms with van der Waals surface area (Å²) in [6.07, 6.45) is 1.66. The van der Waals surface area contributed by atoms with Crippen molar-refractivity contribution in [1.82, 2.24) is 5.16 Å². The number of nitrogens with zero attached hydrogens (tertiary/aromatic N) is 2. The minimum atomic E-state index is 0.314. The van der Waals surface area contributed by atoms with Gasteiger partial charge in [-0.25, -0.2) is 4.99 Å². The van der Waals surface area contributed by atoms with E-state index in [2.05, 4.69) is 29.4 Å². The van der Waals surface area contributed by atoms with Crippen LogP contribution in [0.5, 0.6) is 0 Å². The number of aliphatic imine (C=N–C) groups is 1. The number of benzene rings is 2. The lowest BCUT2D eigenvalue weighted by Gasteiger charge is -2.15. The summed E-state index contributed by atoms with van der Waals surface area (Å²) in [6.45, 7) is 1.94. The summed E-state index contributed by atoms with van der Waals surface area (Å²) in [5.74, 6) is 1.18. The maximum atomic E-state index is 6.03. The zero-order valence-electron chi connectivity index (χ0n) is 13.4. The molecule has 0 fully saturated rings. The molecule has 0 bridgehead atoms. The second-order valence-electron chi connectivity index (χ2n) is 6.12. The van der Waals surface area contributed by atoms with E-state index in [1.807, 2.05) is 37.3 Å². The van der Waals surface area contributed by atoms with Gasteiger partial charge in [-0.05, 0) is 42.5 Å². The van der Waals surface area contributed by atoms with Gasteiger partial charge in [0.15, 0.2) is 5.76 Å². The fraction of sp³-hybridized carbons (Fsp3) is 0.200. The van der Waals surface area contributed by atoms with Gasteiger partial charge in [-0.2, -0.15) is 0 Å². The van der Waals surface area contributed by atoms with Crippen LogP contribution in [0.3, 0.4) is 0 Å². The first-order chi connectivity index (χ1) is 11.7. The Hall–Kier alpha value is -2.39. The predicted octanol–water partition coefficient (Wildman–Crippen LogP) is 5.49. The van der Waals surface area contributed by atoms with Gasteiger partial charge in [0, 0.05) is 17.2 Å². The lowest BCUT2D eigenvalue weighted by atomic mass is 9.88.